The molecule has 1 saturated carbocycles. The SMILES string of the molecule is CN1OC2(N=C1N)c1cc(-c3cccc(C#N)c3)ccc1OC13Cc4ccccc4CCC1C23. The van der Waals surface area contributed by atoms with Crippen molar-refractivity contribution in [2.45, 2.75) is 30.6 Å². The third kappa shape index (κ3) is 2.50. The van der Waals surface area contributed by atoms with Crippen LogP contribution in [0.5, 0.6) is 5.75 Å². The molecule has 2 spiro atoms. The first-order chi connectivity index (χ1) is 16.5. The number of hydrogen-bond acceptors (Lipinski definition) is 6. The molecule has 2 heterocycles. The highest BCUT2D eigenvalue weighted by Crippen LogP contribution is 2.71. The standard InChI is InChI=1S/C28H24N4O2/c1-32-26(30)31-28(34-32)23-14-20(19-8-4-5-17(13-19)16-29)10-12-24(23)33-27-15-21-7-3-2-6-18(21)9-11-22(27)25(27)28/h2-8,10,12-14,22,25H,9,11,15H2,1H3,(H2,30,31). The topological polar surface area (TPSA) is 83.9 Å². The molecule has 6 heteroatoms. The number of nitriles is 1. The van der Waals surface area contributed by atoms with Crippen LogP contribution in [0.1, 0.15) is 28.7 Å². The molecule has 2 aliphatic carbocycles. The Kier molecular flexibility index (Phi) is 3.82. The van der Waals surface area contributed by atoms with Gasteiger partial charge in [-0.2, -0.15) is 5.26 Å². The summed E-state index contributed by atoms with van der Waals surface area (Å²) in [5, 5.41) is 10.9. The average molecular weight is 449 g/mol. The first-order valence-electron chi connectivity index (χ1n) is 11.7. The van der Waals surface area contributed by atoms with Crippen molar-refractivity contribution in [2.24, 2.45) is 22.6 Å². The summed E-state index contributed by atoms with van der Waals surface area (Å²) in [6.45, 7) is 0. The van der Waals surface area contributed by atoms with Crippen LogP contribution in [0, 0.1) is 23.2 Å². The third-order valence-corrected chi connectivity index (χ3v) is 8.05. The number of aliphatic imine (C=N–C) groups is 1. The summed E-state index contributed by atoms with van der Waals surface area (Å²) >= 11 is 0. The van der Waals surface area contributed by atoms with Crippen LogP contribution in [0.4, 0.5) is 0 Å². The number of benzene rings is 3. The third-order valence-electron chi connectivity index (χ3n) is 8.05. The van der Waals surface area contributed by atoms with E-state index in [0.717, 1.165) is 41.7 Å². The summed E-state index contributed by atoms with van der Waals surface area (Å²) in [5.74, 6) is 1.57. The Morgan fingerprint density at radius 3 is 2.68 bits per heavy atom. The van der Waals surface area contributed by atoms with Crippen molar-refractivity contribution in [3.05, 3.63) is 89.0 Å². The van der Waals surface area contributed by atoms with Gasteiger partial charge in [0.15, 0.2) is 0 Å². The summed E-state index contributed by atoms with van der Waals surface area (Å²) in [4.78, 5) is 11.5. The van der Waals surface area contributed by atoms with Gasteiger partial charge in [-0.05, 0) is 59.4 Å². The van der Waals surface area contributed by atoms with Crippen LogP contribution in [0.15, 0.2) is 71.7 Å². The molecule has 0 bridgehead atoms. The van der Waals surface area contributed by atoms with E-state index in [1.54, 1.807) is 5.06 Å². The minimum atomic E-state index is -0.911. The van der Waals surface area contributed by atoms with Crippen LogP contribution in [-0.4, -0.2) is 23.7 Å². The molecule has 4 aliphatic rings. The maximum Gasteiger partial charge on any atom is 0.225 e. The van der Waals surface area contributed by atoms with Gasteiger partial charge in [-0.1, -0.05) is 42.5 Å². The number of fused-ring (bicyclic) bond motifs is 5. The van der Waals surface area contributed by atoms with Gasteiger partial charge in [0.1, 0.15) is 11.4 Å². The van der Waals surface area contributed by atoms with Crippen molar-refractivity contribution >= 4 is 5.96 Å². The molecule has 7 rings (SSSR count). The molecule has 1 fully saturated rings. The zero-order valence-electron chi connectivity index (χ0n) is 18.9. The Balaban J connectivity index is 1.39. The molecule has 0 aromatic heterocycles. The molecule has 0 saturated heterocycles. The lowest BCUT2D eigenvalue weighted by atomic mass is 9.87. The van der Waals surface area contributed by atoms with Crippen molar-refractivity contribution in [3.8, 4) is 22.9 Å². The lowest BCUT2D eigenvalue weighted by Crippen LogP contribution is -2.42. The summed E-state index contributed by atoms with van der Waals surface area (Å²) in [5.41, 5.74) is 11.3. The number of hydrogen-bond donors (Lipinski definition) is 1. The molecule has 168 valence electrons. The number of nitrogens with two attached hydrogens (primary N) is 1. The average Bonchev–Trinajstić information content (AvgIpc) is 3.43. The fourth-order valence-electron chi connectivity index (χ4n) is 6.48. The summed E-state index contributed by atoms with van der Waals surface area (Å²) in [6.07, 6.45) is 2.89. The lowest BCUT2D eigenvalue weighted by Gasteiger charge is -2.37. The second kappa shape index (κ2) is 6.62. The van der Waals surface area contributed by atoms with E-state index in [-0.39, 0.29) is 11.5 Å². The van der Waals surface area contributed by atoms with Crippen molar-refractivity contribution in [2.75, 3.05) is 7.05 Å². The maximum atomic E-state index is 9.35. The number of hydroxylamine groups is 2. The predicted octanol–water partition coefficient (Wildman–Crippen LogP) is 4.14. The van der Waals surface area contributed by atoms with Crippen molar-refractivity contribution in [3.63, 3.8) is 0 Å². The monoisotopic (exact) mass is 448 g/mol. The quantitative estimate of drug-likeness (QED) is 0.605. The molecule has 4 unspecified atom stereocenters. The highest BCUT2D eigenvalue weighted by atomic mass is 16.7. The smallest absolute Gasteiger partial charge is 0.225 e. The van der Waals surface area contributed by atoms with E-state index in [1.165, 1.54) is 11.1 Å². The molecule has 0 amide bonds. The van der Waals surface area contributed by atoms with Gasteiger partial charge in [-0.15, -0.1) is 0 Å². The minimum Gasteiger partial charge on any atom is -0.486 e. The number of nitrogens with zero attached hydrogens (tertiary/aromatic N) is 3. The van der Waals surface area contributed by atoms with E-state index in [4.69, 9.17) is 20.3 Å². The van der Waals surface area contributed by atoms with E-state index in [1.807, 2.05) is 43.4 Å². The van der Waals surface area contributed by atoms with Crippen LogP contribution in [-0.2, 0) is 23.4 Å². The predicted molar refractivity (Wildman–Crippen MR) is 128 cm³/mol. The normalized spacial score (nSPS) is 30.1. The van der Waals surface area contributed by atoms with Crippen LogP contribution in [0.3, 0.4) is 0 Å². The number of ether oxygens (including phenoxy) is 1. The maximum absolute atomic E-state index is 9.35. The minimum absolute atomic E-state index is 0.0741. The van der Waals surface area contributed by atoms with Crippen LogP contribution >= 0.6 is 0 Å². The van der Waals surface area contributed by atoms with Gasteiger partial charge in [-0.3, -0.25) is 0 Å². The molecule has 3 aromatic carbocycles. The fraction of sp³-hybridized carbons (Fsp3) is 0.286. The Labute approximate surface area is 198 Å². The largest absolute Gasteiger partial charge is 0.486 e. The highest BCUT2D eigenvalue weighted by Gasteiger charge is 2.79. The Morgan fingerprint density at radius 2 is 1.88 bits per heavy atom. The zero-order valence-corrected chi connectivity index (χ0v) is 18.9. The first kappa shape index (κ1) is 19.6. The van der Waals surface area contributed by atoms with Gasteiger partial charge < -0.3 is 10.5 Å². The van der Waals surface area contributed by atoms with Gasteiger partial charge in [0.05, 0.1) is 23.1 Å². The van der Waals surface area contributed by atoms with Crippen LogP contribution in [0.25, 0.3) is 11.1 Å². The number of aryl methyl sites for hydroxylation is 1. The molecule has 2 N–H and O–H groups in total. The zero-order chi connectivity index (χ0) is 23.1. The second-order valence-corrected chi connectivity index (χ2v) is 9.78. The molecular weight excluding hydrogens is 424 g/mol. The summed E-state index contributed by atoms with van der Waals surface area (Å²) in [6, 6.07) is 24.7. The van der Waals surface area contributed by atoms with Gasteiger partial charge >= 0.3 is 0 Å². The number of rotatable bonds is 1. The molecule has 6 nitrogen and oxygen atoms in total. The van der Waals surface area contributed by atoms with Crippen LogP contribution in [0.2, 0.25) is 0 Å². The summed E-state index contributed by atoms with van der Waals surface area (Å²) < 4.78 is 6.87. The molecule has 34 heavy (non-hydrogen) atoms. The number of guanidine groups is 1. The Morgan fingerprint density at radius 1 is 1.06 bits per heavy atom. The molecule has 0 radical (unpaired) electrons. The van der Waals surface area contributed by atoms with Crippen LogP contribution < -0.4 is 10.5 Å². The van der Waals surface area contributed by atoms with E-state index < -0.39 is 5.72 Å². The Bertz CT molecular complexity index is 1430. The van der Waals surface area contributed by atoms with Gasteiger partial charge in [0.2, 0.25) is 11.7 Å². The molecule has 3 aromatic rings. The second-order valence-electron chi connectivity index (χ2n) is 9.78. The lowest BCUT2D eigenvalue weighted by molar-refractivity contribution is -0.197. The van der Waals surface area contributed by atoms with E-state index in [2.05, 4.69) is 36.4 Å². The summed E-state index contributed by atoms with van der Waals surface area (Å²) in [7, 11) is 1.81. The highest BCUT2D eigenvalue weighted by molar-refractivity contribution is 5.79. The molecule has 2 aliphatic heterocycles. The van der Waals surface area contributed by atoms with Crippen molar-refractivity contribution in [1.29, 1.82) is 5.26 Å². The molecular formula is C28H24N4O2. The fourth-order valence-corrected chi connectivity index (χ4v) is 6.48. The van der Waals surface area contributed by atoms with Gasteiger partial charge in [-0.25, -0.2) is 14.9 Å². The van der Waals surface area contributed by atoms with E-state index in [0.29, 0.717) is 17.4 Å². The van der Waals surface area contributed by atoms with E-state index >= 15 is 0 Å². The van der Waals surface area contributed by atoms with E-state index in [9.17, 15) is 5.26 Å². The van der Waals surface area contributed by atoms with Gasteiger partial charge in [0.25, 0.3) is 0 Å². The van der Waals surface area contributed by atoms with Crippen molar-refractivity contribution in [1.82, 2.24) is 5.06 Å². The molecule has 4 atom stereocenters. The Hall–Kier alpha value is -3.82. The van der Waals surface area contributed by atoms with Gasteiger partial charge in [0, 0.05) is 19.4 Å². The van der Waals surface area contributed by atoms with Crippen molar-refractivity contribution < 1.29 is 9.57 Å². The first-order valence-corrected chi connectivity index (χ1v) is 11.7.